The van der Waals surface area contributed by atoms with Gasteiger partial charge in [-0.25, -0.2) is 4.79 Å². The summed E-state index contributed by atoms with van der Waals surface area (Å²) in [6.07, 6.45) is 10.2. The van der Waals surface area contributed by atoms with Crippen molar-refractivity contribution in [1.29, 1.82) is 0 Å². The minimum Gasteiger partial charge on any atom is -0.450 e. The van der Waals surface area contributed by atoms with Crippen LogP contribution in [0.1, 0.15) is 56.9 Å². The second kappa shape index (κ2) is 9.43. The molecule has 3 heteroatoms. The maximum atomic E-state index is 11.8. The second-order valence-corrected chi connectivity index (χ2v) is 5.91. The Bertz CT molecular complexity index is 397. The van der Waals surface area contributed by atoms with Gasteiger partial charge in [-0.1, -0.05) is 62.4 Å². The van der Waals surface area contributed by atoms with Crippen LogP contribution in [-0.2, 0) is 11.2 Å². The number of aryl methyl sites for hydroxylation is 1. The molecule has 0 atom stereocenters. The van der Waals surface area contributed by atoms with Crippen molar-refractivity contribution in [3.8, 4) is 0 Å². The quantitative estimate of drug-likeness (QED) is 0.813. The predicted molar refractivity (Wildman–Crippen MR) is 85.4 cm³/mol. The zero-order valence-electron chi connectivity index (χ0n) is 12.9. The van der Waals surface area contributed by atoms with Crippen molar-refractivity contribution >= 4 is 6.09 Å². The second-order valence-electron chi connectivity index (χ2n) is 5.91. The Hall–Kier alpha value is -1.51. The molecule has 0 bridgehead atoms. The summed E-state index contributed by atoms with van der Waals surface area (Å²) in [4.78, 5) is 11.8. The normalized spacial score (nSPS) is 16.8. The summed E-state index contributed by atoms with van der Waals surface area (Å²) in [6.45, 7) is 0.493. The van der Waals surface area contributed by atoms with Gasteiger partial charge >= 0.3 is 6.09 Å². The minimum absolute atomic E-state index is 0.242. The van der Waals surface area contributed by atoms with Gasteiger partial charge < -0.3 is 10.1 Å². The van der Waals surface area contributed by atoms with Gasteiger partial charge in [0.1, 0.15) is 0 Å². The van der Waals surface area contributed by atoms with Crippen LogP contribution in [0.15, 0.2) is 30.3 Å². The van der Waals surface area contributed by atoms with E-state index < -0.39 is 0 Å². The molecule has 3 nitrogen and oxygen atoms in total. The highest BCUT2D eigenvalue weighted by Gasteiger charge is 2.14. The molecule has 116 valence electrons. The Morgan fingerprint density at radius 2 is 1.71 bits per heavy atom. The molecule has 1 saturated carbocycles. The van der Waals surface area contributed by atoms with Gasteiger partial charge in [0.05, 0.1) is 6.61 Å². The van der Waals surface area contributed by atoms with Gasteiger partial charge in [-0.15, -0.1) is 0 Å². The third-order valence-electron chi connectivity index (χ3n) is 4.11. The van der Waals surface area contributed by atoms with Crippen LogP contribution >= 0.6 is 0 Å². The van der Waals surface area contributed by atoms with Gasteiger partial charge in [-0.3, -0.25) is 0 Å². The maximum absolute atomic E-state index is 11.8. The molecule has 1 aromatic rings. The molecule has 0 spiro atoms. The van der Waals surface area contributed by atoms with Crippen LogP contribution in [-0.4, -0.2) is 18.7 Å². The van der Waals surface area contributed by atoms with E-state index in [1.165, 1.54) is 37.7 Å². The molecule has 1 fully saturated rings. The maximum Gasteiger partial charge on any atom is 0.407 e. The van der Waals surface area contributed by atoms with E-state index in [9.17, 15) is 4.79 Å². The first-order valence-electron chi connectivity index (χ1n) is 8.32. The Balaban J connectivity index is 1.58. The molecule has 0 aliphatic heterocycles. The highest BCUT2D eigenvalue weighted by atomic mass is 16.5. The molecule has 2 rings (SSSR count). The number of ether oxygens (including phenoxy) is 1. The number of hydrogen-bond donors (Lipinski definition) is 1. The van der Waals surface area contributed by atoms with Gasteiger partial charge in [-0.2, -0.15) is 0 Å². The topological polar surface area (TPSA) is 38.3 Å². The first-order chi connectivity index (χ1) is 10.3. The van der Waals surface area contributed by atoms with Crippen molar-refractivity contribution in [3.05, 3.63) is 35.9 Å². The number of amides is 1. The van der Waals surface area contributed by atoms with E-state index >= 15 is 0 Å². The molecule has 0 saturated heterocycles. The largest absolute Gasteiger partial charge is 0.450 e. The van der Waals surface area contributed by atoms with E-state index in [-0.39, 0.29) is 6.09 Å². The van der Waals surface area contributed by atoms with Crippen LogP contribution in [0.4, 0.5) is 4.79 Å². The summed E-state index contributed by atoms with van der Waals surface area (Å²) in [5.74, 6) is 0. The van der Waals surface area contributed by atoms with E-state index in [0.717, 1.165) is 25.7 Å². The molecule has 0 aromatic heterocycles. The van der Waals surface area contributed by atoms with Crippen molar-refractivity contribution in [2.24, 2.45) is 0 Å². The third-order valence-corrected chi connectivity index (χ3v) is 4.11. The number of benzene rings is 1. The fraction of sp³-hybridized carbons (Fsp3) is 0.611. The van der Waals surface area contributed by atoms with Gasteiger partial charge in [0.15, 0.2) is 0 Å². The summed E-state index contributed by atoms with van der Waals surface area (Å²) in [5, 5.41) is 3.02. The molecule has 0 unspecified atom stereocenters. The fourth-order valence-corrected chi connectivity index (χ4v) is 2.89. The fourth-order valence-electron chi connectivity index (χ4n) is 2.89. The standard InChI is InChI=1S/C18H27NO2/c20-18(19-17-13-7-2-1-3-8-14-17)21-15-9-12-16-10-5-4-6-11-16/h4-6,10-11,17H,1-3,7-9,12-15H2,(H,19,20). The van der Waals surface area contributed by atoms with Crippen LogP contribution in [0.2, 0.25) is 0 Å². The number of nitrogens with one attached hydrogen (secondary N) is 1. The number of carbonyl (C=O) groups is 1. The molecule has 1 aromatic carbocycles. The molecule has 1 amide bonds. The highest BCUT2D eigenvalue weighted by Crippen LogP contribution is 2.17. The van der Waals surface area contributed by atoms with E-state index in [2.05, 4.69) is 17.4 Å². The van der Waals surface area contributed by atoms with Crippen LogP contribution in [0.5, 0.6) is 0 Å². The van der Waals surface area contributed by atoms with Crippen molar-refractivity contribution in [2.75, 3.05) is 6.61 Å². The van der Waals surface area contributed by atoms with E-state index in [0.29, 0.717) is 12.6 Å². The number of alkyl carbamates (subject to hydrolysis) is 1. The molecule has 0 heterocycles. The van der Waals surface area contributed by atoms with Crippen molar-refractivity contribution < 1.29 is 9.53 Å². The Morgan fingerprint density at radius 1 is 1.05 bits per heavy atom. The lowest BCUT2D eigenvalue weighted by Crippen LogP contribution is -2.35. The zero-order chi connectivity index (χ0) is 14.8. The van der Waals surface area contributed by atoms with E-state index in [1.807, 2.05) is 18.2 Å². The van der Waals surface area contributed by atoms with Crippen LogP contribution in [0, 0.1) is 0 Å². The average molecular weight is 289 g/mol. The molecule has 1 aliphatic rings. The molecule has 0 radical (unpaired) electrons. The SMILES string of the molecule is O=C(NC1CCCCCCC1)OCCCc1ccccc1. The van der Waals surface area contributed by atoms with Crippen molar-refractivity contribution in [2.45, 2.75) is 63.8 Å². The molecule has 1 aliphatic carbocycles. The van der Waals surface area contributed by atoms with Gasteiger partial charge in [0.25, 0.3) is 0 Å². The summed E-state index contributed by atoms with van der Waals surface area (Å²) in [7, 11) is 0. The summed E-state index contributed by atoms with van der Waals surface area (Å²) >= 11 is 0. The van der Waals surface area contributed by atoms with E-state index in [1.54, 1.807) is 0 Å². The highest BCUT2D eigenvalue weighted by molar-refractivity contribution is 5.67. The van der Waals surface area contributed by atoms with Gasteiger partial charge in [-0.05, 0) is 31.2 Å². The molecular formula is C18H27NO2. The Kier molecular flexibility index (Phi) is 7.13. The summed E-state index contributed by atoms with van der Waals surface area (Å²) < 4.78 is 5.29. The summed E-state index contributed by atoms with van der Waals surface area (Å²) in [6, 6.07) is 10.6. The monoisotopic (exact) mass is 289 g/mol. The third kappa shape index (κ3) is 6.65. The predicted octanol–water partition coefficient (Wildman–Crippen LogP) is 4.46. The lowest BCUT2D eigenvalue weighted by molar-refractivity contribution is 0.139. The van der Waals surface area contributed by atoms with Crippen molar-refractivity contribution in [3.63, 3.8) is 0 Å². The molecule has 21 heavy (non-hydrogen) atoms. The zero-order valence-corrected chi connectivity index (χ0v) is 12.9. The van der Waals surface area contributed by atoms with Crippen LogP contribution < -0.4 is 5.32 Å². The number of hydrogen-bond acceptors (Lipinski definition) is 2. The number of carbonyl (C=O) groups excluding carboxylic acids is 1. The minimum atomic E-state index is -0.242. The Labute approximate surface area is 128 Å². The first kappa shape index (κ1) is 15.9. The molecular weight excluding hydrogens is 262 g/mol. The first-order valence-corrected chi connectivity index (χ1v) is 8.32. The van der Waals surface area contributed by atoms with E-state index in [4.69, 9.17) is 4.74 Å². The van der Waals surface area contributed by atoms with Crippen molar-refractivity contribution in [1.82, 2.24) is 5.32 Å². The van der Waals surface area contributed by atoms with Gasteiger partial charge in [0.2, 0.25) is 0 Å². The lowest BCUT2D eigenvalue weighted by Gasteiger charge is -2.20. The van der Waals surface area contributed by atoms with Gasteiger partial charge in [0, 0.05) is 6.04 Å². The molecule has 1 N–H and O–H groups in total. The summed E-state index contributed by atoms with van der Waals surface area (Å²) in [5.41, 5.74) is 1.29. The average Bonchev–Trinajstić information content (AvgIpc) is 2.47. The van der Waals surface area contributed by atoms with Crippen LogP contribution in [0.3, 0.4) is 0 Å². The Morgan fingerprint density at radius 3 is 2.43 bits per heavy atom. The lowest BCUT2D eigenvalue weighted by atomic mass is 9.97. The smallest absolute Gasteiger partial charge is 0.407 e. The number of rotatable bonds is 5. The van der Waals surface area contributed by atoms with Crippen LogP contribution in [0.25, 0.3) is 0 Å².